The van der Waals surface area contributed by atoms with Crippen LogP contribution in [0.4, 0.5) is 10.1 Å². The number of ketones is 1. The number of anilines is 1. The lowest BCUT2D eigenvalue weighted by Crippen LogP contribution is -2.14. The third kappa shape index (κ3) is 4.40. The third-order valence-corrected chi connectivity index (χ3v) is 3.45. The van der Waals surface area contributed by atoms with E-state index >= 15 is 0 Å². The van der Waals surface area contributed by atoms with Gasteiger partial charge in [-0.3, -0.25) is 9.59 Å². The Morgan fingerprint density at radius 3 is 2.45 bits per heavy atom. The van der Waals surface area contributed by atoms with E-state index in [-0.39, 0.29) is 24.5 Å². The highest BCUT2D eigenvalue weighted by atomic mass is 35.5. The average Bonchev–Trinajstić information content (AvgIpc) is 2.49. The maximum Gasteiger partial charge on any atom is 0.224 e. The molecule has 2 aromatic rings. The van der Waals surface area contributed by atoms with E-state index in [0.29, 0.717) is 16.3 Å². The fourth-order valence-corrected chi connectivity index (χ4v) is 2.12. The lowest BCUT2D eigenvalue weighted by Gasteiger charge is -2.08. The zero-order chi connectivity index (χ0) is 16.1. The van der Waals surface area contributed by atoms with Crippen molar-refractivity contribution < 1.29 is 14.0 Å². The van der Waals surface area contributed by atoms with E-state index < -0.39 is 5.82 Å². The first-order valence-electron chi connectivity index (χ1n) is 6.80. The van der Waals surface area contributed by atoms with Crippen molar-refractivity contribution in [3.8, 4) is 0 Å². The maximum absolute atomic E-state index is 12.8. The molecule has 5 heteroatoms. The van der Waals surface area contributed by atoms with Crippen LogP contribution in [0.15, 0.2) is 42.5 Å². The summed E-state index contributed by atoms with van der Waals surface area (Å²) in [5.74, 6) is -0.857. The molecule has 0 unspecified atom stereocenters. The van der Waals surface area contributed by atoms with E-state index in [1.807, 2.05) is 13.0 Å². The molecule has 114 valence electrons. The van der Waals surface area contributed by atoms with E-state index in [0.717, 1.165) is 5.56 Å². The Hall–Kier alpha value is -2.20. The summed E-state index contributed by atoms with van der Waals surface area (Å²) in [6.07, 6.45) is 0.124. The number of rotatable bonds is 5. The zero-order valence-electron chi connectivity index (χ0n) is 12.0. The largest absolute Gasteiger partial charge is 0.326 e. The zero-order valence-corrected chi connectivity index (χ0v) is 12.8. The van der Waals surface area contributed by atoms with Gasteiger partial charge in [0.2, 0.25) is 5.91 Å². The number of hydrogen-bond acceptors (Lipinski definition) is 2. The molecule has 0 saturated heterocycles. The van der Waals surface area contributed by atoms with Gasteiger partial charge >= 0.3 is 0 Å². The summed E-state index contributed by atoms with van der Waals surface area (Å²) in [5, 5.41) is 3.26. The van der Waals surface area contributed by atoms with Crippen LogP contribution < -0.4 is 5.32 Å². The first-order chi connectivity index (χ1) is 10.5. The monoisotopic (exact) mass is 319 g/mol. The summed E-state index contributed by atoms with van der Waals surface area (Å²) >= 11 is 5.88. The Kier molecular flexibility index (Phi) is 5.28. The lowest BCUT2D eigenvalue weighted by atomic mass is 10.1. The SMILES string of the molecule is Cc1ccc(Cl)cc1NC(=O)CCC(=O)c1ccc(F)cc1. The van der Waals surface area contributed by atoms with Gasteiger partial charge in [0.05, 0.1) is 0 Å². The quantitative estimate of drug-likeness (QED) is 0.831. The molecule has 0 aliphatic rings. The molecule has 0 fully saturated rings. The minimum absolute atomic E-state index is 0.0577. The van der Waals surface area contributed by atoms with E-state index in [4.69, 9.17) is 11.6 Å². The lowest BCUT2D eigenvalue weighted by molar-refractivity contribution is -0.116. The van der Waals surface area contributed by atoms with Crippen molar-refractivity contribution in [3.05, 3.63) is 64.4 Å². The summed E-state index contributed by atoms with van der Waals surface area (Å²) in [6, 6.07) is 10.5. The molecular formula is C17H15ClFNO2. The fraction of sp³-hybridized carbons (Fsp3) is 0.176. The molecule has 0 radical (unpaired) electrons. The summed E-state index contributed by atoms with van der Waals surface area (Å²) in [5.41, 5.74) is 1.92. The van der Waals surface area contributed by atoms with Crippen LogP contribution in [0, 0.1) is 12.7 Å². The number of amides is 1. The Balaban J connectivity index is 1.91. The van der Waals surface area contributed by atoms with Crippen molar-refractivity contribution in [2.24, 2.45) is 0 Å². The van der Waals surface area contributed by atoms with Crippen molar-refractivity contribution in [2.75, 3.05) is 5.32 Å². The van der Waals surface area contributed by atoms with Gasteiger partial charge in [-0.05, 0) is 48.9 Å². The second kappa shape index (κ2) is 7.18. The number of halogens is 2. The first-order valence-corrected chi connectivity index (χ1v) is 7.18. The highest BCUT2D eigenvalue weighted by Gasteiger charge is 2.10. The first kappa shape index (κ1) is 16.2. The highest BCUT2D eigenvalue weighted by molar-refractivity contribution is 6.31. The van der Waals surface area contributed by atoms with Crippen LogP contribution in [-0.2, 0) is 4.79 Å². The van der Waals surface area contributed by atoms with E-state index in [9.17, 15) is 14.0 Å². The predicted molar refractivity (Wildman–Crippen MR) is 84.8 cm³/mol. The predicted octanol–water partition coefficient (Wildman–Crippen LogP) is 4.39. The van der Waals surface area contributed by atoms with Gasteiger partial charge in [0.25, 0.3) is 0 Å². The normalized spacial score (nSPS) is 10.3. The number of carbonyl (C=O) groups is 2. The van der Waals surface area contributed by atoms with Crippen LogP contribution in [0.1, 0.15) is 28.8 Å². The van der Waals surface area contributed by atoms with Crippen molar-refractivity contribution >= 4 is 29.0 Å². The van der Waals surface area contributed by atoms with Gasteiger partial charge in [0, 0.05) is 29.1 Å². The van der Waals surface area contributed by atoms with Crippen LogP contribution in [0.2, 0.25) is 5.02 Å². The molecule has 0 atom stereocenters. The molecule has 2 rings (SSSR count). The molecule has 0 saturated carbocycles. The van der Waals surface area contributed by atoms with Gasteiger partial charge in [-0.2, -0.15) is 0 Å². The number of Topliss-reactive ketones (excluding diaryl/α,β-unsaturated/α-hetero) is 1. The molecule has 0 aliphatic carbocycles. The van der Waals surface area contributed by atoms with E-state index in [1.165, 1.54) is 24.3 Å². The second-order valence-corrected chi connectivity index (χ2v) is 5.37. The molecule has 0 bridgehead atoms. The smallest absolute Gasteiger partial charge is 0.224 e. The molecule has 3 nitrogen and oxygen atoms in total. The van der Waals surface area contributed by atoms with E-state index in [1.54, 1.807) is 12.1 Å². The number of aryl methyl sites for hydroxylation is 1. The Labute approximate surface area is 133 Å². The van der Waals surface area contributed by atoms with Crippen molar-refractivity contribution in [2.45, 2.75) is 19.8 Å². The Bertz CT molecular complexity index is 698. The average molecular weight is 320 g/mol. The molecule has 0 aromatic heterocycles. The molecule has 0 spiro atoms. The van der Waals surface area contributed by atoms with E-state index in [2.05, 4.69) is 5.32 Å². The van der Waals surface area contributed by atoms with Crippen molar-refractivity contribution in [1.82, 2.24) is 0 Å². The molecular weight excluding hydrogens is 305 g/mol. The summed E-state index contributed by atoms with van der Waals surface area (Å²) in [7, 11) is 0. The molecule has 2 aromatic carbocycles. The standard InChI is InChI=1S/C17H15ClFNO2/c1-11-2-5-13(18)10-15(11)20-17(22)9-8-16(21)12-3-6-14(19)7-4-12/h2-7,10H,8-9H2,1H3,(H,20,22). The fourth-order valence-electron chi connectivity index (χ4n) is 1.95. The maximum atomic E-state index is 12.8. The Morgan fingerprint density at radius 1 is 1.09 bits per heavy atom. The van der Waals surface area contributed by atoms with Gasteiger partial charge in [-0.15, -0.1) is 0 Å². The molecule has 0 heterocycles. The molecule has 0 aliphatic heterocycles. The van der Waals surface area contributed by atoms with Crippen LogP contribution in [0.3, 0.4) is 0 Å². The number of nitrogens with one attached hydrogen (secondary N) is 1. The molecule has 22 heavy (non-hydrogen) atoms. The van der Waals surface area contributed by atoms with Gasteiger partial charge in [-0.25, -0.2) is 4.39 Å². The van der Waals surface area contributed by atoms with Gasteiger partial charge in [-0.1, -0.05) is 17.7 Å². The second-order valence-electron chi connectivity index (χ2n) is 4.94. The molecule has 1 N–H and O–H groups in total. The minimum Gasteiger partial charge on any atom is -0.326 e. The van der Waals surface area contributed by atoms with Crippen molar-refractivity contribution in [1.29, 1.82) is 0 Å². The highest BCUT2D eigenvalue weighted by Crippen LogP contribution is 2.20. The van der Waals surface area contributed by atoms with Crippen LogP contribution in [0.5, 0.6) is 0 Å². The third-order valence-electron chi connectivity index (χ3n) is 3.22. The van der Waals surface area contributed by atoms with Crippen molar-refractivity contribution in [3.63, 3.8) is 0 Å². The summed E-state index contributed by atoms with van der Waals surface area (Å²) < 4.78 is 12.8. The van der Waals surface area contributed by atoms with Gasteiger partial charge in [0.1, 0.15) is 5.82 Å². The van der Waals surface area contributed by atoms with Crippen LogP contribution >= 0.6 is 11.6 Å². The Morgan fingerprint density at radius 2 is 1.77 bits per heavy atom. The van der Waals surface area contributed by atoms with Gasteiger partial charge < -0.3 is 5.32 Å². The molecule has 1 amide bonds. The minimum atomic E-state index is -0.397. The van der Waals surface area contributed by atoms with Crippen LogP contribution in [0.25, 0.3) is 0 Å². The van der Waals surface area contributed by atoms with Gasteiger partial charge in [0.15, 0.2) is 5.78 Å². The number of carbonyl (C=O) groups excluding carboxylic acids is 2. The number of benzene rings is 2. The number of hydrogen-bond donors (Lipinski definition) is 1. The summed E-state index contributed by atoms with van der Waals surface area (Å²) in [6.45, 7) is 1.86. The summed E-state index contributed by atoms with van der Waals surface area (Å²) in [4.78, 5) is 23.8. The topological polar surface area (TPSA) is 46.2 Å². The van der Waals surface area contributed by atoms with Crippen LogP contribution in [-0.4, -0.2) is 11.7 Å².